The van der Waals surface area contributed by atoms with Gasteiger partial charge in [-0.15, -0.1) is 0 Å². The molecule has 0 amide bonds. The monoisotopic (exact) mass is 236 g/mol. The van der Waals surface area contributed by atoms with Crippen LogP contribution < -0.4 is 0 Å². The average Bonchev–Trinajstić information content (AvgIpc) is 2.35. The molecule has 98 valence electrons. The number of unbranched alkanes of at least 4 members (excludes halogenated alkanes) is 3. The lowest BCUT2D eigenvalue weighted by Crippen LogP contribution is -1.98. The third-order valence-corrected chi connectivity index (χ3v) is 2.87. The van der Waals surface area contributed by atoms with Crippen molar-refractivity contribution in [2.75, 3.05) is 0 Å². The number of aldehydes is 1. The Bertz CT molecular complexity index is 216. The molecule has 0 heterocycles. The van der Waals surface area contributed by atoms with E-state index < -0.39 is 0 Å². The first-order valence-corrected chi connectivity index (χ1v) is 7.10. The second-order valence-electron chi connectivity index (χ2n) is 4.59. The maximum atomic E-state index is 10.7. The van der Waals surface area contributed by atoms with Crippen molar-refractivity contribution in [3.63, 3.8) is 0 Å². The first-order valence-electron chi connectivity index (χ1n) is 7.10. The third kappa shape index (κ3) is 11.4. The van der Waals surface area contributed by atoms with Crippen molar-refractivity contribution in [1.82, 2.24) is 0 Å². The van der Waals surface area contributed by atoms with Crippen molar-refractivity contribution in [3.05, 3.63) is 24.3 Å². The van der Waals surface area contributed by atoms with Gasteiger partial charge < -0.3 is 4.79 Å². The molecule has 0 fully saturated rings. The molecule has 1 nitrogen and oxygen atoms in total. The van der Waals surface area contributed by atoms with Crippen LogP contribution in [0.2, 0.25) is 0 Å². The Balaban J connectivity index is 3.49. The van der Waals surface area contributed by atoms with E-state index in [4.69, 9.17) is 0 Å². The summed E-state index contributed by atoms with van der Waals surface area (Å²) in [4.78, 5) is 10.7. The van der Waals surface area contributed by atoms with Crippen molar-refractivity contribution < 1.29 is 4.79 Å². The quantitative estimate of drug-likeness (QED) is 0.278. The van der Waals surface area contributed by atoms with Crippen LogP contribution in [-0.2, 0) is 4.79 Å². The van der Waals surface area contributed by atoms with Gasteiger partial charge in [0.25, 0.3) is 0 Å². The Labute approximate surface area is 107 Å². The van der Waals surface area contributed by atoms with Gasteiger partial charge in [0.1, 0.15) is 6.29 Å². The molecule has 0 spiro atoms. The molecule has 0 aromatic carbocycles. The highest BCUT2D eigenvalue weighted by Gasteiger charge is 2.01. The van der Waals surface area contributed by atoms with Gasteiger partial charge >= 0.3 is 0 Å². The topological polar surface area (TPSA) is 17.1 Å². The fourth-order valence-electron chi connectivity index (χ4n) is 1.78. The van der Waals surface area contributed by atoms with Crippen LogP contribution in [0, 0.1) is 5.92 Å². The predicted octanol–water partition coefficient (Wildman–Crippen LogP) is 5.07. The summed E-state index contributed by atoms with van der Waals surface area (Å²) in [7, 11) is 0. The highest BCUT2D eigenvalue weighted by Crippen LogP contribution is 2.09. The number of rotatable bonds is 11. The van der Waals surface area contributed by atoms with Gasteiger partial charge in [0.2, 0.25) is 0 Å². The van der Waals surface area contributed by atoms with Gasteiger partial charge in [-0.2, -0.15) is 0 Å². The Hall–Kier alpha value is -0.850. The molecule has 0 aliphatic rings. The maximum absolute atomic E-state index is 10.7. The summed E-state index contributed by atoms with van der Waals surface area (Å²) >= 11 is 0. The van der Waals surface area contributed by atoms with E-state index in [1.54, 1.807) is 0 Å². The van der Waals surface area contributed by atoms with E-state index in [0.29, 0.717) is 0 Å². The Morgan fingerprint density at radius 2 is 1.71 bits per heavy atom. The first-order chi connectivity index (χ1) is 8.35. The van der Waals surface area contributed by atoms with Gasteiger partial charge in [-0.05, 0) is 32.1 Å². The second-order valence-corrected chi connectivity index (χ2v) is 4.59. The van der Waals surface area contributed by atoms with Gasteiger partial charge in [0.05, 0.1) is 0 Å². The molecule has 0 aliphatic heterocycles. The minimum absolute atomic E-state index is 0.227. The normalized spacial score (nSPS) is 13.5. The lowest BCUT2D eigenvalue weighted by molar-refractivity contribution is -0.111. The van der Waals surface area contributed by atoms with Crippen molar-refractivity contribution in [1.29, 1.82) is 0 Å². The lowest BCUT2D eigenvalue weighted by atomic mass is 10.0. The van der Waals surface area contributed by atoms with Crippen LogP contribution in [-0.4, -0.2) is 6.29 Å². The van der Waals surface area contributed by atoms with Crippen LogP contribution in [0.15, 0.2) is 24.3 Å². The van der Waals surface area contributed by atoms with Crippen molar-refractivity contribution in [2.24, 2.45) is 5.92 Å². The molecule has 0 saturated carbocycles. The highest BCUT2D eigenvalue weighted by molar-refractivity contribution is 5.53. The summed E-state index contributed by atoms with van der Waals surface area (Å²) in [6, 6.07) is 0. The molecular formula is C16H28O. The van der Waals surface area contributed by atoms with Crippen LogP contribution in [0.25, 0.3) is 0 Å². The molecule has 0 aromatic rings. The van der Waals surface area contributed by atoms with Gasteiger partial charge in [-0.3, -0.25) is 0 Å². The molecule has 0 N–H and O–H groups in total. The largest absolute Gasteiger partial charge is 0.303 e. The zero-order valence-corrected chi connectivity index (χ0v) is 11.5. The predicted molar refractivity (Wildman–Crippen MR) is 76.1 cm³/mol. The Kier molecular flexibility index (Phi) is 12.6. The van der Waals surface area contributed by atoms with E-state index in [9.17, 15) is 4.79 Å². The second kappa shape index (κ2) is 13.2. The summed E-state index contributed by atoms with van der Waals surface area (Å²) in [5.74, 6) is 0.227. The number of hydrogen-bond donors (Lipinski definition) is 0. The van der Waals surface area contributed by atoms with Crippen LogP contribution >= 0.6 is 0 Å². The fraction of sp³-hybridized carbons (Fsp3) is 0.688. The van der Waals surface area contributed by atoms with Crippen molar-refractivity contribution >= 4 is 6.29 Å². The summed E-state index contributed by atoms with van der Waals surface area (Å²) in [5.41, 5.74) is 0. The van der Waals surface area contributed by atoms with Crippen molar-refractivity contribution in [2.45, 2.75) is 65.2 Å². The van der Waals surface area contributed by atoms with Gasteiger partial charge in [-0.25, -0.2) is 0 Å². The van der Waals surface area contributed by atoms with Gasteiger partial charge in [0.15, 0.2) is 0 Å². The zero-order valence-electron chi connectivity index (χ0n) is 11.5. The molecule has 0 aliphatic carbocycles. The summed E-state index contributed by atoms with van der Waals surface area (Å²) in [5, 5.41) is 0. The molecule has 17 heavy (non-hydrogen) atoms. The highest BCUT2D eigenvalue weighted by atomic mass is 16.1. The van der Waals surface area contributed by atoms with Crippen LogP contribution in [0.1, 0.15) is 65.2 Å². The number of hydrogen-bond acceptors (Lipinski definition) is 1. The minimum Gasteiger partial charge on any atom is -0.303 e. The summed E-state index contributed by atoms with van der Waals surface area (Å²) in [6.45, 7) is 4.35. The van der Waals surface area contributed by atoms with E-state index in [2.05, 4.69) is 38.2 Å². The molecule has 1 heteroatoms. The molecule has 1 atom stereocenters. The standard InChI is InChI=1S/C16H28O/c1-3-5-6-7-8-9-10-11-12-14-16(15-17)13-4-2/h8-9,11-12,15-16H,3-7,10,13-14H2,1-2H3. The zero-order chi connectivity index (χ0) is 12.8. The molecule has 0 bridgehead atoms. The number of carbonyl (C=O) groups is 1. The van der Waals surface area contributed by atoms with E-state index in [1.807, 2.05) is 0 Å². The first kappa shape index (κ1) is 16.1. The number of allylic oxidation sites excluding steroid dienone is 4. The summed E-state index contributed by atoms with van der Waals surface area (Å²) in [6.07, 6.45) is 19.0. The van der Waals surface area contributed by atoms with E-state index in [0.717, 1.165) is 32.0 Å². The lowest BCUT2D eigenvalue weighted by Gasteiger charge is -2.03. The number of carbonyl (C=O) groups excluding carboxylic acids is 1. The molecular weight excluding hydrogens is 208 g/mol. The SMILES string of the molecule is CCCCCC=CCC=CCC(C=O)CCC. The average molecular weight is 236 g/mol. The fourth-order valence-corrected chi connectivity index (χ4v) is 1.78. The van der Waals surface area contributed by atoms with E-state index in [-0.39, 0.29) is 5.92 Å². The molecule has 1 unspecified atom stereocenters. The third-order valence-electron chi connectivity index (χ3n) is 2.87. The molecule has 0 aromatic heterocycles. The van der Waals surface area contributed by atoms with Crippen LogP contribution in [0.4, 0.5) is 0 Å². The maximum Gasteiger partial charge on any atom is 0.123 e. The molecule has 0 rings (SSSR count). The molecule has 0 radical (unpaired) electrons. The summed E-state index contributed by atoms with van der Waals surface area (Å²) < 4.78 is 0. The Morgan fingerprint density at radius 3 is 2.35 bits per heavy atom. The minimum atomic E-state index is 0.227. The van der Waals surface area contributed by atoms with Crippen LogP contribution in [0.3, 0.4) is 0 Å². The van der Waals surface area contributed by atoms with Gasteiger partial charge in [-0.1, -0.05) is 57.4 Å². The van der Waals surface area contributed by atoms with E-state index in [1.165, 1.54) is 25.7 Å². The van der Waals surface area contributed by atoms with Crippen molar-refractivity contribution in [3.8, 4) is 0 Å². The smallest absolute Gasteiger partial charge is 0.123 e. The van der Waals surface area contributed by atoms with E-state index >= 15 is 0 Å². The van der Waals surface area contributed by atoms with Crippen LogP contribution in [0.5, 0.6) is 0 Å². The molecule has 0 saturated heterocycles. The van der Waals surface area contributed by atoms with Gasteiger partial charge in [0, 0.05) is 5.92 Å². The Morgan fingerprint density at radius 1 is 0.941 bits per heavy atom.